The summed E-state index contributed by atoms with van der Waals surface area (Å²) < 4.78 is 0. The van der Waals surface area contributed by atoms with Gasteiger partial charge in [0.05, 0.1) is 12.5 Å². The van der Waals surface area contributed by atoms with Crippen molar-refractivity contribution in [2.75, 3.05) is 12.3 Å². The molecule has 0 aliphatic carbocycles. The van der Waals surface area contributed by atoms with E-state index in [1.807, 2.05) is 0 Å². The Bertz CT molecular complexity index is 595. The predicted molar refractivity (Wildman–Crippen MR) is 97.8 cm³/mol. The summed E-state index contributed by atoms with van der Waals surface area (Å²) >= 11 is 4.03. The number of carboxylic acid groups (broad SMARTS) is 1. The number of nitrogens with two attached hydrogens (primary N) is 1. The van der Waals surface area contributed by atoms with Crippen LogP contribution in [0.3, 0.4) is 0 Å². The predicted octanol–water partition coefficient (Wildman–Crippen LogP) is -2.90. The molecular formula is C15H25N5O6S. The van der Waals surface area contributed by atoms with Crippen LogP contribution < -0.4 is 27.0 Å². The first-order chi connectivity index (χ1) is 12.6. The molecule has 152 valence electrons. The van der Waals surface area contributed by atoms with Crippen molar-refractivity contribution in [3.8, 4) is 0 Å². The van der Waals surface area contributed by atoms with Crippen LogP contribution in [0.1, 0.15) is 26.2 Å². The molecule has 0 aromatic carbocycles. The number of hydrogen-bond donors (Lipinski definition) is 7. The van der Waals surface area contributed by atoms with Gasteiger partial charge in [0, 0.05) is 5.75 Å². The van der Waals surface area contributed by atoms with E-state index in [2.05, 4.69) is 33.9 Å². The van der Waals surface area contributed by atoms with Crippen LogP contribution in [-0.4, -0.2) is 71.2 Å². The number of primary amides is 1. The first kappa shape index (κ1) is 22.7. The van der Waals surface area contributed by atoms with E-state index in [-0.39, 0.29) is 11.7 Å². The van der Waals surface area contributed by atoms with Gasteiger partial charge >= 0.3 is 5.97 Å². The van der Waals surface area contributed by atoms with E-state index < -0.39 is 54.3 Å². The summed E-state index contributed by atoms with van der Waals surface area (Å²) in [5.74, 6) is -4.16. The summed E-state index contributed by atoms with van der Waals surface area (Å²) in [7, 11) is 0. The lowest BCUT2D eigenvalue weighted by Gasteiger charge is -2.23. The maximum absolute atomic E-state index is 12.4. The van der Waals surface area contributed by atoms with Gasteiger partial charge in [-0.3, -0.25) is 24.0 Å². The van der Waals surface area contributed by atoms with Gasteiger partial charge in [0.2, 0.25) is 23.6 Å². The number of aliphatic carboxylic acids is 1. The first-order valence-corrected chi connectivity index (χ1v) is 9.05. The second-order valence-corrected chi connectivity index (χ2v) is 6.56. The van der Waals surface area contributed by atoms with Crippen molar-refractivity contribution in [2.45, 2.75) is 50.4 Å². The van der Waals surface area contributed by atoms with E-state index in [0.29, 0.717) is 13.0 Å². The number of nitrogens with one attached hydrogen (secondary N) is 4. The van der Waals surface area contributed by atoms with E-state index in [1.54, 1.807) is 0 Å². The monoisotopic (exact) mass is 403 g/mol. The second kappa shape index (κ2) is 10.7. The summed E-state index contributed by atoms with van der Waals surface area (Å²) in [6, 6.07) is -4.04. The Morgan fingerprint density at radius 2 is 1.78 bits per heavy atom. The normalized spacial score (nSPS) is 19.4. The molecule has 1 aliphatic rings. The summed E-state index contributed by atoms with van der Waals surface area (Å²) in [6.45, 7) is 1.94. The standard InChI is InChI=1S/C15H25N5O6S/c1-7(15(25)26)18-13(23)9(5-11(16)21)19-14(24)10(6-27)20-12(22)8-3-2-4-17-8/h7-10,17,27H,2-6H2,1H3,(H2,16,21)(H,18,23)(H,19,24)(H,20,22)(H,25,26). The molecule has 0 aromatic rings. The lowest BCUT2D eigenvalue weighted by molar-refractivity contribution is -0.142. The van der Waals surface area contributed by atoms with Crippen molar-refractivity contribution in [2.24, 2.45) is 5.73 Å². The van der Waals surface area contributed by atoms with Gasteiger partial charge in [-0.25, -0.2) is 0 Å². The van der Waals surface area contributed by atoms with Gasteiger partial charge in [0.15, 0.2) is 0 Å². The van der Waals surface area contributed by atoms with Crippen molar-refractivity contribution in [1.29, 1.82) is 0 Å². The molecule has 12 heteroatoms. The number of rotatable bonds is 10. The highest BCUT2D eigenvalue weighted by atomic mass is 32.1. The van der Waals surface area contributed by atoms with Gasteiger partial charge in [0.25, 0.3) is 0 Å². The lowest BCUT2D eigenvalue weighted by atomic mass is 10.1. The Morgan fingerprint density at radius 1 is 1.15 bits per heavy atom. The Balaban J connectivity index is 2.74. The Labute approximate surface area is 161 Å². The van der Waals surface area contributed by atoms with E-state index in [1.165, 1.54) is 6.92 Å². The fraction of sp³-hybridized carbons (Fsp3) is 0.667. The quantitative estimate of drug-likeness (QED) is 0.191. The van der Waals surface area contributed by atoms with E-state index in [0.717, 1.165) is 6.42 Å². The smallest absolute Gasteiger partial charge is 0.325 e. The fourth-order valence-corrected chi connectivity index (χ4v) is 2.69. The van der Waals surface area contributed by atoms with Crippen LogP contribution in [0, 0.1) is 0 Å². The van der Waals surface area contributed by atoms with E-state index in [9.17, 15) is 24.0 Å². The SMILES string of the molecule is CC(NC(=O)C(CC(N)=O)NC(=O)C(CS)NC(=O)C1CCCN1)C(=O)O. The lowest BCUT2D eigenvalue weighted by Crippen LogP contribution is -2.58. The molecule has 4 unspecified atom stereocenters. The van der Waals surface area contributed by atoms with Crippen LogP contribution in [0.5, 0.6) is 0 Å². The van der Waals surface area contributed by atoms with E-state index in [4.69, 9.17) is 10.8 Å². The molecule has 0 radical (unpaired) electrons. The zero-order valence-corrected chi connectivity index (χ0v) is 15.8. The average molecular weight is 403 g/mol. The number of amides is 4. The van der Waals surface area contributed by atoms with Gasteiger partial charge in [0.1, 0.15) is 18.1 Å². The maximum Gasteiger partial charge on any atom is 0.325 e. The maximum atomic E-state index is 12.4. The molecule has 1 saturated heterocycles. The van der Waals surface area contributed by atoms with Crippen LogP contribution in [0.4, 0.5) is 0 Å². The first-order valence-electron chi connectivity index (χ1n) is 8.42. The molecule has 1 fully saturated rings. The van der Waals surface area contributed by atoms with Crippen LogP contribution in [0.15, 0.2) is 0 Å². The van der Waals surface area contributed by atoms with Crippen molar-refractivity contribution in [1.82, 2.24) is 21.3 Å². The molecule has 0 aromatic heterocycles. The molecule has 1 heterocycles. The zero-order chi connectivity index (χ0) is 20.6. The van der Waals surface area contributed by atoms with Gasteiger partial charge < -0.3 is 32.1 Å². The third kappa shape index (κ3) is 7.43. The Hall–Kier alpha value is -2.34. The highest BCUT2D eigenvalue weighted by Gasteiger charge is 2.30. The molecule has 0 saturated carbocycles. The zero-order valence-electron chi connectivity index (χ0n) is 14.9. The molecule has 27 heavy (non-hydrogen) atoms. The molecule has 4 amide bonds. The van der Waals surface area contributed by atoms with Crippen LogP contribution >= 0.6 is 12.6 Å². The topological polar surface area (TPSA) is 180 Å². The van der Waals surface area contributed by atoms with Gasteiger partial charge in [-0.2, -0.15) is 12.6 Å². The van der Waals surface area contributed by atoms with Gasteiger partial charge in [-0.05, 0) is 26.3 Å². The number of hydrogen-bond acceptors (Lipinski definition) is 7. The van der Waals surface area contributed by atoms with Crippen molar-refractivity contribution >= 4 is 42.2 Å². The summed E-state index contributed by atoms with van der Waals surface area (Å²) in [4.78, 5) is 58.7. The molecule has 0 spiro atoms. The van der Waals surface area contributed by atoms with Crippen LogP contribution in [-0.2, 0) is 24.0 Å². The molecular weight excluding hydrogens is 378 g/mol. The third-order valence-electron chi connectivity index (χ3n) is 3.96. The second-order valence-electron chi connectivity index (χ2n) is 6.19. The van der Waals surface area contributed by atoms with Crippen molar-refractivity contribution < 1.29 is 29.1 Å². The highest BCUT2D eigenvalue weighted by Crippen LogP contribution is 2.05. The summed E-state index contributed by atoms with van der Waals surface area (Å²) in [5.41, 5.74) is 5.09. The van der Waals surface area contributed by atoms with Crippen molar-refractivity contribution in [3.05, 3.63) is 0 Å². The Morgan fingerprint density at radius 3 is 2.26 bits per heavy atom. The fourth-order valence-electron chi connectivity index (χ4n) is 2.43. The van der Waals surface area contributed by atoms with Gasteiger partial charge in [-0.15, -0.1) is 0 Å². The minimum absolute atomic E-state index is 0.0409. The number of carbonyl (C=O) groups excluding carboxylic acids is 4. The van der Waals surface area contributed by atoms with Crippen LogP contribution in [0.25, 0.3) is 0 Å². The third-order valence-corrected chi connectivity index (χ3v) is 4.32. The summed E-state index contributed by atoms with van der Waals surface area (Å²) in [5, 5.41) is 18.8. The minimum Gasteiger partial charge on any atom is -0.480 e. The molecule has 1 aliphatic heterocycles. The largest absolute Gasteiger partial charge is 0.480 e. The number of thiol groups is 1. The Kier molecular flexibility index (Phi) is 9.02. The van der Waals surface area contributed by atoms with Gasteiger partial charge in [-0.1, -0.05) is 0 Å². The summed E-state index contributed by atoms with van der Waals surface area (Å²) in [6.07, 6.45) is 0.965. The highest BCUT2D eigenvalue weighted by molar-refractivity contribution is 7.80. The molecule has 1 rings (SSSR count). The molecule has 0 bridgehead atoms. The number of carbonyl (C=O) groups is 5. The minimum atomic E-state index is -1.37. The average Bonchev–Trinajstić information content (AvgIpc) is 3.12. The molecule has 4 atom stereocenters. The van der Waals surface area contributed by atoms with Crippen LogP contribution in [0.2, 0.25) is 0 Å². The van der Waals surface area contributed by atoms with E-state index >= 15 is 0 Å². The number of carboxylic acids is 1. The molecule has 7 N–H and O–H groups in total. The van der Waals surface area contributed by atoms with Crippen molar-refractivity contribution in [3.63, 3.8) is 0 Å². The molecule has 11 nitrogen and oxygen atoms in total.